The molecule has 1 saturated heterocycles. The van der Waals surface area contributed by atoms with E-state index in [1.165, 1.54) is 6.92 Å². The lowest BCUT2D eigenvalue weighted by molar-refractivity contribution is -0.165. The Morgan fingerprint density at radius 1 is 1.38 bits per heavy atom. The molecule has 5 heteroatoms. The van der Waals surface area contributed by atoms with Gasteiger partial charge in [0.2, 0.25) is 0 Å². The number of carboxylic acid groups (broad SMARTS) is 1. The molecule has 2 atom stereocenters. The van der Waals surface area contributed by atoms with Gasteiger partial charge in [-0.3, -0.25) is 14.5 Å². The van der Waals surface area contributed by atoms with Gasteiger partial charge in [0.25, 0.3) is 0 Å². The highest BCUT2D eigenvalue weighted by atomic mass is 16.5. The Bertz CT molecular complexity index is 516. The molecule has 0 radical (unpaired) electrons. The molecule has 1 aliphatic heterocycles. The van der Waals surface area contributed by atoms with Gasteiger partial charge in [-0.25, -0.2) is 0 Å². The predicted molar refractivity (Wildman–Crippen MR) is 77.6 cm³/mol. The van der Waals surface area contributed by atoms with Gasteiger partial charge in [0.05, 0.1) is 0 Å². The van der Waals surface area contributed by atoms with Crippen molar-refractivity contribution in [2.45, 2.75) is 32.9 Å². The van der Waals surface area contributed by atoms with Crippen LogP contribution in [0, 0.1) is 5.41 Å². The third-order valence-electron chi connectivity index (χ3n) is 4.18. The van der Waals surface area contributed by atoms with Crippen LogP contribution >= 0.6 is 0 Å². The Kier molecular flexibility index (Phi) is 4.63. The fourth-order valence-electron chi connectivity index (χ4n) is 2.93. The fourth-order valence-corrected chi connectivity index (χ4v) is 2.93. The molecule has 1 N–H and O–H groups in total. The zero-order chi connectivity index (χ0) is 15.5. The Hall–Kier alpha value is -1.88. The molecule has 2 unspecified atom stereocenters. The standard InChI is InChI=1S/C16H21NO4/c1-12(21-13(2)18)16(15(19)20)8-9-17(11-16)10-14-6-4-3-5-7-14/h3-7,12H,8-11H2,1-2H3,(H,19,20). The van der Waals surface area contributed by atoms with Crippen molar-refractivity contribution in [3.8, 4) is 0 Å². The predicted octanol–water partition coefficient (Wildman–Crippen LogP) is 1.91. The second-order valence-electron chi connectivity index (χ2n) is 5.66. The zero-order valence-electron chi connectivity index (χ0n) is 12.4. The molecule has 0 aromatic heterocycles. The van der Waals surface area contributed by atoms with Gasteiger partial charge in [0.15, 0.2) is 0 Å². The Labute approximate surface area is 124 Å². The summed E-state index contributed by atoms with van der Waals surface area (Å²) in [5, 5.41) is 9.61. The number of ether oxygens (including phenoxy) is 1. The number of carbonyl (C=O) groups excluding carboxylic acids is 1. The van der Waals surface area contributed by atoms with Gasteiger partial charge >= 0.3 is 11.9 Å². The average molecular weight is 291 g/mol. The maximum Gasteiger partial charge on any atom is 0.314 e. The largest absolute Gasteiger partial charge is 0.481 e. The second-order valence-corrected chi connectivity index (χ2v) is 5.66. The number of esters is 1. The first-order valence-corrected chi connectivity index (χ1v) is 7.11. The normalized spacial score (nSPS) is 23.7. The van der Waals surface area contributed by atoms with Gasteiger partial charge in [-0.1, -0.05) is 30.3 Å². The summed E-state index contributed by atoms with van der Waals surface area (Å²) in [6, 6.07) is 9.94. The van der Waals surface area contributed by atoms with Crippen LogP contribution in [-0.2, 0) is 20.9 Å². The molecule has 2 rings (SSSR count). The van der Waals surface area contributed by atoms with E-state index >= 15 is 0 Å². The van der Waals surface area contributed by atoms with Gasteiger partial charge in [-0.15, -0.1) is 0 Å². The van der Waals surface area contributed by atoms with Crippen LogP contribution in [0.4, 0.5) is 0 Å². The number of hydrogen-bond acceptors (Lipinski definition) is 4. The number of rotatable bonds is 5. The molecule has 1 aromatic rings. The first-order valence-electron chi connectivity index (χ1n) is 7.11. The molecule has 5 nitrogen and oxygen atoms in total. The lowest BCUT2D eigenvalue weighted by Crippen LogP contribution is -2.45. The first-order chi connectivity index (χ1) is 9.94. The lowest BCUT2D eigenvalue weighted by Gasteiger charge is -2.30. The molecule has 0 aliphatic carbocycles. The van der Waals surface area contributed by atoms with E-state index < -0.39 is 23.5 Å². The third-order valence-corrected chi connectivity index (χ3v) is 4.18. The highest BCUT2D eigenvalue weighted by Crippen LogP contribution is 2.36. The summed E-state index contributed by atoms with van der Waals surface area (Å²) in [6.45, 7) is 4.77. The number of benzene rings is 1. The van der Waals surface area contributed by atoms with E-state index in [2.05, 4.69) is 4.90 Å². The summed E-state index contributed by atoms with van der Waals surface area (Å²) < 4.78 is 5.15. The van der Waals surface area contributed by atoms with Crippen LogP contribution in [0.2, 0.25) is 0 Å². The number of carboxylic acids is 1. The topological polar surface area (TPSA) is 66.8 Å². The quantitative estimate of drug-likeness (QED) is 0.839. The van der Waals surface area contributed by atoms with Crippen molar-refractivity contribution in [3.63, 3.8) is 0 Å². The van der Waals surface area contributed by atoms with Crippen molar-refractivity contribution in [2.24, 2.45) is 5.41 Å². The highest BCUT2D eigenvalue weighted by molar-refractivity contribution is 5.77. The van der Waals surface area contributed by atoms with E-state index in [9.17, 15) is 14.7 Å². The molecular weight excluding hydrogens is 270 g/mol. The monoisotopic (exact) mass is 291 g/mol. The van der Waals surface area contributed by atoms with E-state index in [0.717, 1.165) is 5.56 Å². The van der Waals surface area contributed by atoms with Gasteiger partial charge < -0.3 is 9.84 Å². The highest BCUT2D eigenvalue weighted by Gasteiger charge is 2.50. The van der Waals surface area contributed by atoms with Crippen LogP contribution in [0.1, 0.15) is 25.8 Å². The second kappa shape index (κ2) is 6.26. The molecule has 21 heavy (non-hydrogen) atoms. The summed E-state index contributed by atoms with van der Waals surface area (Å²) in [5.41, 5.74) is 0.138. The van der Waals surface area contributed by atoms with Gasteiger partial charge in [-0.2, -0.15) is 0 Å². The van der Waals surface area contributed by atoms with E-state index in [4.69, 9.17) is 4.74 Å². The molecule has 1 aromatic carbocycles. The smallest absolute Gasteiger partial charge is 0.314 e. The number of hydrogen-bond donors (Lipinski definition) is 1. The van der Waals surface area contributed by atoms with Gasteiger partial charge in [0.1, 0.15) is 11.5 Å². The number of carbonyl (C=O) groups is 2. The SMILES string of the molecule is CC(=O)OC(C)C1(C(=O)O)CCN(Cc2ccccc2)C1. The molecule has 0 amide bonds. The Balaban J connectivity index is 2.08. The van der Waals surface area contributed by atoms with Crippen molar-refractivity contribution in [1.82, 2.24) is 4.90 Å². The summed E-state index contributed by atoms with van der Waals surface area (Å²) in [7, 11) is 0. The van der Waals surface area contributed by atoms with Crippen molar-refractivity contribution >= 4 is 11.9 Å². The zero-order valence-corrected chi connectivity index (χ0v) is 12.4. The van der Waals surface area contributed by atoms with Crippen LogP contribution in [0.25, 0.3) is 0 Å². The van der Waals surface area contributed by atoms with E-state index in [1.54, 1.807) is 6.92 Å². The minimum absolute atomic E-state index is 0.395. The van der Waals surface area contributed by atoms with Crippen molar-refractivity contribution < 1.29 is 19.4 Å². The minimum atomic E-state index is -1.01. The number of nitrogens with zero attached hydrogens (tertiary/aromatic N) is 1. The number of likely N-dealkylation sites (tertiary alicyclic amines) is 1. The maximum absolute atomic E-state index is 11.7. The molecule has 0 spiro atoms. The van der Waals surface area contributed by atoms with Crippen LogP contribution in [0.5, 0.6) is 0 Å². The summed E-state index contributed by atoms with van der Waals surface area (Å²) in [6.07, 6.45) is -0.142. The van der Waals surface area contributed by atoms with Gasteiger partial charge in [-0.05, 0) is 25.5 Å². The van der Waals surface area contributed by atoms with E-state index in [1.807, 2.05) is 30.3 Å². The van der Waals surface area contributed by atoms with Crippen LogP contribution in [-0.4, -0.2) is 41.1 Å². The van der Waals surface area contributed by atoms with Gasteiger partial charge in [0, 0.05) is 20.0 Å². The fraction of sp³-hybridized carbons (Fsp3) is 0.500. The van der Waals surface area contributed by atoms with Crippen molar-refractivity contribution in [1.29, 1.82) is 0 Å². The summed E-state index contributed by atoms with van der Waals surface area (Å²) >= 11 is 0. The molecule has 1 aliphatic rings. The minimum Gasteiger partial charge on any atom is -0.481 e. The average Bonchev–Trinajstić information content (AvgIpc) is 2.84. The van der Waals surface area contributed by atoms with Crippen LogP contribution in [0.15, 0.2) is 30.3 Å². The Morgan fingerprint density at radius 3 is 2.62 bits per heavy atom. The maximum atomic E-state index is 11.7. The van der Waals surface area contributed by atoms with Crippen molar-refractivity contribution in [2.75, 3.05) is 13.1 Å². The third kappa shape index (κ3) is 3.42. The van der Waals surface area contributed by atoms with E-state index in [0.29, 0.717) is 26.1 Å². The molecule has 1 fully saturated rings. The lowest BCUT2D eigenvalue weighted by atomic mass is 9.82. The summed E-state index contributed by atoms with van der Waals surface area (Å²) in [4.78, 5) is 24.9. The molecule has 0 saturated carbocycles. The molecular formula is C16H21NO4. The van der Waals surface area contributed by atoms with Crippen molar-refractivity contribution in [3.05, 3.63) is 35.9 Å². The number of aliphatic carboxylic acids is 1. The summed E-state index contributed by atoms with van der Waals surface area (Å²) in [5.74, 6) is -1.34. The van der Waals surface area contributed by atoms with E-state index in [-0.39, 0.29) is 0 Å². The first kappa shape index (κ1) is 15.5. The molecule has 114 valence electrons. The van der Waals surface area contributed by atoms with Crippen LogP contribution < -0.4 is 0 Å². The molecule has 1 heterocycles. The van der Waals surface area contributed by atoms with Crippen LogP contribution in [0.3, 0.4) is 0 Å². The Morgan fingerprint density at radius 2 is 2.05 bits per heavy atom. The molecule has 0 bridgehead atoms.